The van der Waals surface area contributed by atoms with Crippen LogP contribution in [0.25, 0.3) is 6.08 Å². The molecule has 0 radical (unpaired) electrons. The Morgan fingerprint density at radius 3 is 2.52 bits per heavy atom. The van der Waals surface area contributed by atoms with Crippen LogP contribution in [0.2, 0.25) is 5.02 Å². The van der Waals surface area contributed by atoms with E-state index in [4.69, 9.17) is 25.8 Å². The van der Waals surface area contributed by atoms with Gasteiger partial charge in [0.05, 0.1) is 35.6 Å². The van der Waals surface area contributed by atoms with Crippen LogP contribution in [0.1, 0.15) is 36.6 Å². The molecule has 0 aliphatic carbocycles. The average Bonchev–Trinajstić information content (AvgIpc) is 3.26. The number of ether oxygens (including phenoxy) is 3. The second-order valence-corrected chi connectivity index (χ2v) is 10.5. The van der Waals surface area contributed by atoms with Gasteiger partial charge >= 0.3 is 5.97 Å². The maximum absolute atomic E-state index is 13.8. The highest BCUT2D eigenvalue weighted by Crippen LogP contribution is 2.32. The van der Waals surface area contributed by atoms with E-state index >= 15 is 0 Å². The summed E-state index contributed by atoms with van der Waals surface area (Å²) in [6.07, 6.45) is 1.79. The third-order valence-corrected chi connectivity index (χ3v) is 7.66. The van der Waals surface area contributed by atoms with Crippen LogP contribution in [-0.2, 0) is 16.1 Å². The van der Waals surface area contributed by atoms with E-state index in [0.29, 0.717) is 43.7 Å². The predicted octanol–water partition coefficient (Wildman–Crippen LogP) is 5.04. The molecule has 1 aromatic heterocycles. The van der Waals surface area contributed by atoms with Crippen molar-refractivity contribution in [1.82, 2.24) is 4.57 Å². The number of carbonyl (C=O) groups is 1. The summed E-state index contributed by atoms with van der Waals surface area (Å²) in [5, 5.41) is 0.555. The molecule has 1 atom stereocenters. The molecule has 0 spiro atoms. The normalized spacial score (nSPS) is 14.9. The monoisotopic (exact) mass is 574 g/mol. The third kappa shape index (κ3) is 5.59. The minimum Gasteiger partial charge on any atom is -0.493 e. The fraction of sp³-hybridized carbons (Fsp3) is 0.194. The highest BCUT2D eigenvalue weighted by atomic mass is 35.5. The van der Waals surface area contributed by atoms with Crippen molar-refractivity contribution < 1.29 is 19.0 Å². The van der Waals surface area contributed by atoms with Crippen molar-refractivity contribution >= 4 is 35.0 Å². The van der Waals surface area contributed by atoms with Crippen molar-refractivity contribution in [2.45, 2.75) is 26.5 Å². The first-order valence-corrected chi connectivity index (χ1v) is 13.9. The number of hydrogen-bond donors (Lipinski definition) is 0. The SMILES string of the molecule is CCOC(=O)C1=C(C)N=c2s/c(=C/c3ccc(OCc4ccccc4)c(OC)c3)c(=O)n2[C@H]1c1ccc(Cl)cc1. The van der Waals surface area contributed by atoms with Crippen molar-refractivity contribution in [3.05, 3.63) is 125 Å². The zero-order valence-corrected chi connectivity index (χ0v) is 23.8. The van der Waals surface area contributed by atoms with E-state index in [-0.39, 0.29) is 12.2 Å². The first-order chi connectivity index (χ1) is 19.4. The van der Waals surface area contributed by atoms with E-state index in [2.05, 4.69) is 4.99 Å². The number of esters is 1. The summed E-state index contributed by atoms with van der Waals surface area (Å²) >= 11 is 7.39. The van der Waals surface area contributed by atoms with E-state index < -0.39 is 12.0 Å². The van der Waals surface area contributed by atoms with Crippen LogP contribution in [0, 0.1) is 0 Å². The average molecular weight is 575 g/mol. The third-order valence-electron chi connectivity index (χ3n) is 6.43. The van der Waals surface area contributed by atoms with Gasteiger partial charge in [-0.2, -0.15) is 0 Å². The van der Waals surface area contributed by atoms with E-state index in [1.807, 2.05) is 48.5 Å². The lowest BCUT2D eigenvalue weighted by molar-refractivity contribution is -0.139. The summed E-state index contributed by atoms with van der Waals surface area (Å²) in [6, 6.07) is 21.8. The zero-order chi connectivity index (χ0) is 28.2. The lowest BCUT2D eigenvalue weighted by Gasteiger charge is -2.24. The number of hydrogen-bond acceptors (Lipinski definition) is 7. The van der Waals surface area contributed by atoms with E-state index in [1.165, 1.54) is 11.3 Å². The van der Waals surface area contributed by atoms with Gasteiger partial charge < -0.3 is 14.2 Å². The molecule has 0 unspecified atom stereocenters. The summed E-state index contributed by atoms with van der Waals surface area (Å²) in [4.78, 5) is 31.9. The number of carbonyl (C=O) groups excluding carboxylic acids is 1. The molecule has 2 heterocycles. The van der Waals surface area contributed by atoms with Gasteiger partial charge in [-0.15, -0.1) is 0 Å². The van der Waals surface area contributed by atoms with Crippen LogP contribution in [0.3, 0.4) is 0 Å². The molecule has 0 saturated carbocycles. The summed E-state index contributed by atoms with van der Waals surface area (Å²) in [5.41, 5.74) is 3.11. The Morgan fingerprint density at radius 1 is 1.07 bits per heavy atom. The van der Waals surface area contributed by atoms with Crippen LogP contribution < -0.4 is 24.4 Å². The maximum Gasteiger partial charge on any atom is 0.338 e. The molecule has 1 aliphatic heterocycles. The molecular weight excluding hydrogens is 548 g/mol. The van der Waals surface area contributed by atoms with Gasteiger partial charge in [0.1, 0.15) is 6.61 Å². The van der Waals surface area contributed by atoms with Gasteiger partial charge in [-0.1, -0.05) is 71.5 Å². The fourth-order valence-electron chi connectivity index (χ4n) is 4.53. The number of fused-ring (bicyclic) bond motifs is 1. The molecule has 4 aromatic rings. The second-order valence-electron chi connectivity index (χ2n) is 9.04. The minimum absolute atomic E-state index is 0.209. The quantitative estimate of drug-likeness (QED) is 0.276. The number of allylic oxidation sites excluding steroid dienone is 1. The zero-order valence-electron chi connectivity index (χ0n) is 22.2. The van der Waals surface area contributed by atoms with Gasteiger partial charge in [0.15, 0.2) is 16.3 Å². The van der Waals surface area contributed by atoms with Crippen LogP contribution in [-0.4, -0.2) is 24.3 Å². The number of methoxy groups -OCH3 is 1. The molecule has 0 bridgehead atoms. The number of aromatic nitrogens is 1. The fourth-order valence-corrected chi connectivity index (χ4v) is 5.70. The van der Waals surface area contributed by atoms with E-state index in [1.54, 1.807) is 55.9 Å². The summed E-state index contributed by atoms with van der Waals surface area (Å²) in [6.45, 7) is 4.11. The topological polar surface area (TPSA) is 79.1 Å². The van der Waals surface area contributed by atoms with Crippen LogP contribution in [0.4, 0.5) is 0 Å². The molecule has 0 fully saturated rings. The highest BCUT2D eigenvalue weighted by Gasteiger charge is 2.33. The Bertz CT molecular complexity index is 1760. The van der Waals surface area contributed by atoms with Crippen molar-refractivity contribution in [1.29, 1.82) is 0 Å². The molecule has 5 rings (SSSR count). The first-order valence-electron chi connectivity index (χ1n) is 12.7. The van der Waals surface area contributed by atoms with Gasteiger partial charge in [-0.05, 0) is 60.9 Å². The van der Waals surface area contributed by atoms with Crippen molar-refractivity contribution in [3.63, 3.8) is 0 Å². The molecule has 0 N–H and O–H groups in total. The number of nitrogens with zero attached hydrogens (tertiary/aromatic N) is 2. The Morgan fingerprint density at radius 2 is 1.82 bits per heavy atom. The molecule has 7 nitrogen and oxygen atoms in total. The second kappa shape index (κ2) is 11.9. The molecular formula is C31H27ClN2O5S. The van der Waals surface area contributed by atoms with Crippen LogP contribution >= 0.6 is 22.9 Å². The Labute approximate surface area is 240 Å². The molecule has 3 aromatic carbocycles. The lowest BCUT2D eigenvalue weighted by atomic mass is 9.96. The van der Waals surface area contributed by atoms with Crippen molar-refractivity contribution in [3.8, 4) is 11.5 Å². The lowest BCUT2D eigenvalue weighted by Crippen LogP contribution is -2.39. The standard InChI is InChI=1S/C31H27ClN2O5S/c1-4-38-30(36)27-19(2)33-31-34(28(27)22-11-13-23(32)14-12-22)29(35)26(40-31)17-21-10-15-24(25(16-21)37-3)39-18-20-8-6-5-7-9-20/h5-17,28H,4,18H2,1-3H3/b26-17+/t28-/m0/s1. The van der Waals surface area contributed by atoms with Gasteiger partial charge in [-0.25, -0.2) is 9.79 Å². The number of thiazole rings is 1. The summed E-state index contributed by atoms with van der Waals surface area (Å²) < 4.78 is 18.9. The van der Waals surface area contributed by atoms with Crippen molar-refractivity contribution in [2.24, 2.45) is 4.99 Å². The minimum atomic E-state index is -0.696. The smallest absolute Gasteiger partial charge is 0.338 e. The van der Waals surface area contributed by atoms with Gasteiger partial charge in [0.25, 0.3) is 5.56 Å². The molecule has 9 heteroatoms. The first kappa shape index (κ1) is 27.4. The molecule has 204 valence electrons. The molecule has 1 aliphatic rings. The molecule has 0 amide bonds. The number of halogens is 1. The Balaban J connectivity index is 1.55. The van der Waals surface area contributed by atoms with Gasteiger partial charge in [-0.3, -0.25) is 9.36 Å². The largest absolute Gasteiger partial charge is 0.493 e. The summed E-state index contributed by atoms with van der Waals surface area (Å²) in [7, 11) is 1.58. The van der Waals surface area contributed by atoms with Crippen LogP contribution in [0.5, 0.6) is 11.5 Å². The van der Waals surface area contributed by atoms with Gasteiger partial charge in [0.2, 0.25) is 0 Å². The predicted molar refractivity (Wildman–Crippen MR) is 156 cm³/mol. The molecule has 0 saturated heterocycles. The number of benzene rings is 3. The van der Waals surface area contributed by atoms with Gasteiger partial charge in [0, 0.05) is 5.02 Å². The van der Waals surface area contributed by atoms with E-state index in [0.717, 1.165) is 16.7 Å². The van der Waals surface area contributed by atoms with Crippen molar-refractivity contribution in [2.75, 3.05) is 13.7 Å². The Hall–Kier alpha value is -4.14. The van der Waals surface area contributed by atoms with E-state index in [9.17, 15) is 9.59 Å². The maximum atomic E-state index is 13.8. The number of rotatable bonds is 8. The Kier molecular flexibility index (Phi) is 8.19. The summed E-state index contributed by atoms with van der Waals surface area (Å²) in [5.74, 6) is 0.646. The molecule has 40 heavy (non-hydrogen) atoms. The highest BCUT2D eigenvalue weighted by molar-refractivity contribution is 7.07. The van der Waals surface area contributed by atoms with Crippen LogP contribution in [0.15, 0.2) is 93.9 Å².